The van der Waals surface area contributed by atoms with Crippen molar-refractivity contribution in [2.75, 3.05) is 0 Å². The molecule has 0 aromatic rings. The molecule has 0 spiro atoms. The van der Waals surface area contributed by atoms with E-state index in [1.165, 1.54) is 51.4 Å². The third-order valence-corrected chi connectivity index (χ3v) is 5.08. The maximum atomic E-state index is 4.42. The highest BCUT2D eigenvalue weighted by atomic mass is 14.5. The van der Waals surface area contributed by atoms with Crippen molar-refractivity contribution < 1.29 is 0 Å². The first-order chi connectivity index (χ1) is 8.07. The minimum atomic E-state index is 0.453. The average Bonchev–Trinajstić information content (AvgIpc) is 2.67. The smallest absolute Gasteiger partial charge is 0.0114 e. The Morgan fingerprint density at radius 1 is 1.06 bits per heavy atom. The second kappa shape index (κ2) is 6.61. The highest BCUT2D eigenvalue weighted by molar-refractivity contribution is 5.13. The molecule has 0 N–H and O–H groups in total. The van der Waals surface area contributed by atoms with Crippen LogP contribution in [0.2, 0.25) is 0 Å². The molecule has 1 fully saturated rings. The van der Waals surface area contributed by atoms with Gasteiger partial charge in [0.05, 0.1) is 0 Å². The number of hydrogen-bond acceptors (Lipinski definition) is 0. The van der Waals surface area contributed by atoms with Crippen LogP contribution in [0.15, 0.2) is 12.2 Å². The molecule has 0 bridgehead atoms. The third-order valence-electron chi connectivity index (χ3n) is 5.08. The molecule has 0 nitrogen and oxygen atoms in total. The molecular formula is C17H32. The summed E-state index contributed by atoms with van der Waals surface area (Å²) >= 11 is 0. The molecular weight excluding hydrogens is 204 g/mol. The lowest BCUT2D eigenvalue weighted by Gasteiger charge is -2.27. The average molecular weight is 236 g/mol. The molecule has 0 aromatic carbocycles. The minimum Gasteiger partial charge on any atom is -0.0993 e. The lowest BCUT2D eigenvalue weighted by Crippen LogP contribution is -2.15. The van der Waals surface area contributed by atoms with Gasteiger partial charge in [0.15, 0.2) is 0 Å². The number of rotatable bonds is 7. The van der Waals surface area contributed by atoms with E-state index in [2.05, 4.69) is 34.3 Å². The summed E-state index contributed by atoms with van der Waals surface area (Å²) in [5, 5.41) is 0. The van der Waals surface area contributed by atoms with Crippen LogP contribution < -0.4 is 0 Å². The molecule has 0 radical (unpaired) electrons. The normalized spacial score (nSPS) is 32.9. The van der Waals surface area contributed by atoms with Crippen LogP contribution in [0.3, 0.4) is 0 Å². The Bertz CT molecular complexity index is 226. The van der Waals surface area contributed by atoms with E-state index in [4.69, 9.17) is 0 Å². The molecule has 0 aliphatic heterocycles. The van der Waals surface area contributed by atoms with E-state index in [1.54, 1.807) is 5.57 Å². The molecule has 0 saturated heterocycles. The van der Waals surface area contributed by atoms with Gasteiger partial charge in [-0.05, 0) is 42.9 Å². The first kappa shape index (κ1) is 14.8. The van der Waals surface area contributed by atoms with Gasteiger partial charge in [0.2, 0.25) is 0 Å². The van der Waals surface area contributed by atoms with Crippen LogP contribution in [0.25, 0.3) is 0 Å². The third kappa shape index (κ3) is 3.60. The molecule has 0 aromatic heterocycles. The van der Waals surface area contributed by atoms with Crippen molar-refractivity contribution in [3.63, 3.8) is 0 Å². The summed E-state index contributed by atoms with van der Waals surface area (Å²) in [6.07, 6.45) is 10.8. The van der Waals surface area contributed by atoms with Crippen molar-refractivity contribution in [1.29, 1.82) is 0 Å². The zero-order valence-corrected chi connectivity index (χ0v) is 12.5. The standard InChI is InChI=1S/C17H32/c1-6-9-10-11-14(4)17(5)12-15(7-2)16(8-3)13-17/h15-16H,4,6-13H2,1-3,5H3. The van der Waals surface area contributed by atoms with Crippen LogP contribution in [0.1, 0.15) is 79.1 Å². The summed E-state index contributed by atoms with van der Waals surface area (Å²) in [6.45, 7) is 13.9. The first-order valence-electron chi connectivity index (χ1n) is 7.75. The molecule has 0 heteroatoms. The van der Waals surface area contributed by atoms with E-state index >= 15 is 0 Å². The van der Waals surface area contributed by atoms with E-state index in [0.29, 0.717) is 5.41 Å². The van der Waals surface area contributed by atoms with Gasteiger partial charge in [-0.2, -0.15) is 0 Å². The molecule has 2 atom stereocenters. The molecule has 1 aliphatic carbocycles. The summed E-state index contributed by atoms with van der Waals surface area (Å²) in [5.41, 5.74) is 2.00. The fourth-order valence-corrected chi connectivity index (χ4v) is 3.71. The van der Waals surface area contributed by atoms with Crippen molar-refractivity contribution in [1.82, 2.24) is 0 Å². The number of unbranched alkanes of at least 4 members (excludes halogenated alkanes) is 2. The zero-order chi connectivity index (χ0) is 12.9. The second-order valence-corrected chi connectivity index (χ2v) is 6.37. The van der Waals surface area contributed by atoms with Gasteiger partial charge in [-0.25, -0.2) is 0 Å². The van der Waals surface area contributed by atoms with Gasteiger partial charge in [0, 0.05) is 0 Å². The van der Waals surface area contributed by atoms with Crippen LogP contribution in [-0.4, -0.2) is 0 Å². The van der Waals surface area contributed by atoms with Crippen molar-refractivity contribution in [2.24, 2.45) is 17.3 Å². The molecule has 0 amide bonds. The molecule has 100 valence electrons. The van der Waals surface area contributed by atoms with Gasteiger partial charge >= 0.3 is 0 Å². The fourth-order valence-electron chi connectivity index (χ4n) is 3.71. The quantitative estimate of drug-likeness (QED) is 0.377. The number of allylic oxidation sites excluding steroid dienone is 1. The second-order valence-electron chi connectivity index (χ2n) is 6.37. The summed E-state index contributed by atoms with van der Waals surface area (Å²) in [7, 11) is 0. The Hall–Kier alpha value is -0.260. The highest BCUT2D eigenvalue weighted by Gasteiger charge is 2.41. The van der Waals surface area contributed by atoms with Crippen molar-refractivity contribution >= 4 is 0 Å². The Labute approximate surface area is 109 Å². The van der Waals surface area contributed by atoms with E-state index in [0.717, 1.165) is 11.8 Å². The van der Waals surface area contributed by atoms with Crippen molar-refractivity contribution in [3.05, 3.63) is 12.2 Å². The van der Waals surface area contributed by atoms with E-state index in [1.807, 2.05) is 0 Å². The van der Waals surface area contributed by atoms with Gasteiger partial charge in [0.1, 0.15) is 0 Å². The van der Waals surface area contributed by atoms with E-state index in [9.17, 15) is 0 Å². The van der Waals surface area contributed by atoms with Crippen LogP contribution in [0, 0.1) is 17.3 Å². The Morgan fingerprint density at radius 2 is 1.59 bits per heavy atom. The lowest BCUT2D eigenvalue weighted by molar-refractivity contribution is 0.367. The van der Waals surface area contributed by atoms with Gasteiger partial charge in [0.25, 0.3) is 0 Å². The number of hydrogen-bond donors (Lipinski definition) is 0. The zero-order valence-electron chi connectivity index (χ0n) is 12.5. The van der Waals surface area contributed by atoms with Crippen LogP contribution in [-0.2, 0) is 0 Å². The SMILES string of the molecule is C=C(CCCCC)C1(C)CC(CC)C(CC)C1. The molecule has 1 aliphatic rings. The summed E-state index contributed by atoms with van der Waals surface area (Å²) < 4.78 is 0. The summed E-state index contributed by atoms with van der Waals surface area (Å²) in [6, 6.07) is 0. The van der Waals surface area contributed by atoms with Gasteiger partial charge in [-0.15, -0.1) is 0 Å². The van der Waals surface area contributed by atoms with Crippen molar-refractivity contribution in [2.45, 2.75) is 79.1 Å². The summed E-state index contributed by atoms with van der Waals surface area (Å²) in [5.74, 6) is 1.90. The van der Waals surface area contributed by atoms with Crippen LogP contribution >= 0.6 is 0 Å². The Morgan fingerprint density at radius 3 is 2.00 bits per heavy atom. The highest BCUT2D eigenvalue weighted by Crippen LogP contribution is 2.52. The monoisotopic (exact) mass is 236 g/mol. The molecule has 0 heterocycles. The van der Waals surface area contributed by atoms with Gasteiger partial charge in [-0.1, -0.05) is 65.5 Å². The van der Waals surface area contributed by atoms with Gasteiger partial charge in [-0.3, -0.25) is 0 Å². The molecule has 2 unspecified atom stereocenters. The lowest BCUT2D eigenvalue weighted by atomic mass is 9.78. The summed E-state index contributed by atoms with van der Waals surface area (Å²) in [4.78, 5) is 0. The first-order valence-corrected chi connectivity index (χ1v) is 7.75. The molecule has 17 heavy (non-hydrogen) atoms. The Kier molecular flexibility index (Phi) is 5.76. The minimum absolute atomic E-state index is 0.453. The Balaban J connectivity index is 2.54. The maximum Gasteiger partial charge on any atom is -0.0114 e. The van der Waals surface area contributed by atoms with E-state index < -0.39 is 0 Å². The maximum absolute atomic E-state index is 4.42. The fraction of sp³-hybridized carbons (Fsp3) is 0.882. The van der Waals surface area contributed by atoms with Crippen molar-refractivity contribution in [3.8, 4) is 0 Å². The largest absolute Gasteiger partial charge is 0.0993 e. The predicted octanol–water partition coefficient (Wildman–Crippen LogP) is 5.98. The van der Waals surface area contributed by atoms with Crippen LogP contribution in [0.5, 0.6) is 0 Å². The van der Waals surface area contributed by atoms with E-state index in [-0.39, 0.29) is 0 Å². The van der Waals surface area contributed by atoms with Gasteiger partial charge < -0.3 is 0 Å². The topological polar surface area (TPSA) is 0 Å². The molecule has 1 rings (SSSR count). The molecule has 1 saturated carbocycles. The predicted molar refractivity (Wildman–Crippen MR) is 78.2 cm³/mol. The van der Waals surface area contributed by atoms with Crippen LogP contribution in [0.4, 0.5) is 0 Å².